The third-order valence-corrected chi connectivity index (χ3v) is 3.26. The highest BCUT2D eigenvalue weighted by atomic mass is 15.3. The van der Waals surface area contributed by atoms with Crippen LogP contribution in [0, 0.1) is 5.92 Å². The maximum atomic E-state index is 4.22. The molecule has 1 fully saturated rings. The zero-order chi connectivity index (χ0) is 12.1. The van der Waals surface area contributed by atoms with E-state index in [0.717, 1.165) is 19.0 Å². The van der Waals surface area contributed by atoms with E-state index >= 15 is 0 Å². The maximum absolute atomic E-state index is 4.22. The van der Waals surface area contributed by atoms with Gasteiger partial charge in [-0.05, 0) is 26.7 Å². The Morgan fingerprint density at radius 2 is 2.12 bits per heavy atom. The second-order valence-corrected chi connectivity index (χ2v) is 4.88. The molecular weight excluding hydrogens is 200 g/mol. The van der Waals surface area contributed by atoms with Crippen molar-refractivity contribution in [3.8, 4) is 0 Å². The van der Waals surface area contributed by atoms with Crippen molar-refractivity contribution in [1.29, 1.82) is 0 Å². The van der Waals surface area contributed by atoms with Crippen LogP contribution in [0.2, 0.25) is 0 Å². The van der Waals surface area contributed by atoms with Gasteiger partial charge in [0.1, 0.15) is 0 Å². The van der Waals surface area contributed by atoms with Gasteiger partial charge in [-0.15, -0.1) is 0 Å². The van der Waals surface area contributed by atoms with Gasteiger partial charge in [0.2, 0.25) is 0 Å². The molecule has 1 saturated heterocycles. The zero-order valence-corrected chi connectivity index (χ0v) is 11.2. The van der Waals surface area contributed by atoms with Crippen LogP contribution in [-0.4, -0.2) is 49.6 Å². The molecule has 2 N–H and O–H groups in total. The fourth-order valence-corrected chi connectivity index (χ4v) is 2.15. The molecule has 2 unspecified atom stereocenters. The molecule has 16 heavy (non-hydrogen) atoms. The Labute approximate surface area is 99.5 Å². The van der Waals surface area contributed by atoms with Crippen LogP contribution in [0.4, 0.5) is 0 Å². The Bertz CT molecular complexity index is 237. The summed E-state index contributed by atoms with van der Waals surface area (Å²) < 4.78 is 0. The summed E-state index contributed by atoms with van der Waals surface area (Å²) in [6.45, 7) is 12.1. The second kappa shape index (κ2) is 6.09. The number of guanidine groups is 1. The van der Waals surface area contributed by atoms with Crippen molar-refractivity contribution in [2.75, 3.05) is 26.7 Å². The molecule has 0 aromatic heterocycles. The minimum absolute atomic E-state index is 0.514. The Balaban J connectivity index is 2.49. The summed E-state index contributed by atoms with van der Waals surface area (Å²) in [5.74, 6) is 1.60. The minimum Gasteiger partial charge on any atom is -0.357 e. The van der Waals surface area contributed by atoms with Crippen LogP contribution in [0.1, 0.15) is 27.7 Å². The third kappa shape index (κ3) is 3.37. The number of likely N-dealkylation sites (tertiary alicyclic amines) is 1. The van der Waals surface area contributed by atoms with Crippen LogP contribution in [0.5, 0.6) is 0 Å². The van der Waals surface area contributed by atoms with Crippen LogP contribution in [0.25, 0.3) is 0 Å². The molecule has 0 amide bonds. The predicted molar refractivity (Wildman–Crippen MR) is 69.8 cm³/mol. The number of nitrogens with one attached hydrogen (secondary N) is 2. The molecular formula is C12H26N4. The maximum Gasteiger partial charge on any atom is 0.191 e. The molecule has 0 saturated carbocycles. The topological polar surface area (TPSA) is 39.7 Å². The van der Waals surface area contributed by atoms with Crippen LogP contribution in [0.3, 0.4) is 0 Å². The lowest BCUT2D eigenvalue weighted by molar-refractivity contribution is 0.265. The lowest BCUT2D eigenvalue weighted by atomic mass is 10.1. The first kappa shape index (κ1) is 13.3. The summed E-state index contributed by atoms with van der Waals surface area (Å²) >= 11 is 0. The fourth-order valence-electron chi connectivity index (χ4n) is 2.15. The summed E-state index contributed by atoms with van der Waals surface area (Å²) in [5.41, 5.74) is 0. The van der Waals surface area contributed by atoms with E-state index < -0.39 is 0 Å². The SMILES string of the molecule is CCNC(=NC)NC1CN(C(C)C)CC1C. The normalized spacial score (nSPS) is 27.5. The van der Waals surface area contributed by atoms with Crippen molar-refractivity contribution in [3.63, 3.8) is 0 Å². The van der Waals surface area contributed by atoms with Gasteiger partial charge in [-0.3, -0.25) is 9.89 Å². The van der Waals surface area contributed by atoms with E-state index in [-0.39, 0.29) is 0 Å². The van der Waals surface area contributed by atoms with E-state index in [0.29, 0.717) is 18.0 Å². The molecule has 94 valence electrons. The molecule has 1 aliphatic rings. The van der Waals surface area contributed by atoms with Crippen molar-refractivity contribution in [1.82, 2.24) is 15.5 Å². The van der Waals surface area contributed by atoms with Gasteiger partial charge in [-0.2, -0.15) is 0 Å². The Morgan fingerprint density at radius 3 is 2.56 bits per heavy atom. The third-order valence-electron chi connectivity index (χ3n) is 3.26. The van der Waals surface area contributed by atoms with Crippen molar-refractivity contribution >= 4 is 5.96 Å². The molecule has 1 aliphatic heterocycles. The Morgan fingerprint density at radius 1 is 1.44 bits per heavy atom. The van der Waals surface area contributed by atoms with Gasteiger partial charge in [0.25, 0.3) is 0 Å². The van der Waals surface area contributed by atoms with E-state index in [4.69, 9.17) is 0 Å². The van der Waals surface area contributed by atoms with Crippen molar-refractivity contribution in [2.45, 2.75) is 39.8 Å². The molecule has 0 spiro atoms. The highest BCUT2D eigenvalue weighted by Gasteiger charge is 2.31. The summed E-state index contributed by atoms with van der Waals surface area (Å²) in [7, 11) is 1.82. The zero-order valence-electron chi connectivity index (χ0n) is 11.2. The number of hydrogen-bond donors (Lipinski definition) is 2. The number of aliphatic imine (C=N–C) groups is 1. The Hall–Kier alpha value is -0.770. The summed E-state index contributed by atoms with van der Waals surface area (Å²) in [4.78, 5) is 6.74. The van der Waals surface area contributed by atoms with Gasteiger partial charge in [0.15, 0.2) is 5.96 Å². The van der Waals surface area contributed by atoms with Gasteiger partial charge >= 0.3 is 0 Å². The molecule has 2 atom stereocenters. The molecule has 0 aliphatic carbocycles. The first-order valence-corrected chi connectivity index (χ1v) is 6.29. The Kier molecular flexibility index (Phi) is 5.06. The smallest absolute Gasteiger partial charge is 0.191 e. The molecule has 4 nitrogen and oxygen atoms in total. The summed E-state index contributed by atoms with van der Waals surface area (Å²) in [5, 5.41) is 6.74. The van der Waals surface area contributed by atoms with Crippen LogP contribution in [-0.2, 0) is 0 Å². The van der Waals surface area contributed by atoms with Gasteiger partial charge in [0.05, 0.1) is 0 Å². The predicted octanol–water partition coefficient (Wildman–Crippen LogP) is 0.900. The highest BCUT2D eigenvalue weighted by Crippen LogP contribution is 2.18. The van der Waals surface area contributed by atoms with Gasteiger partial charge < -0.3 is 10.6 Å². The van der Waals surface area contributed by atoms with Crippen LogP contribution in [0.15, 0.2) is 4.99 Å². The lowest BCUT2D eigenvalue weighted by Crippen LogP contribution is -2.46. The van der Waals surface area contributed by atoms with Gasteiger partial charge in [0, 0.05) is 38.8 Å². The molecule has 0 bridgehead atoms. The lowest BCUT2D eigenvalue weighted by Gasteiger charge is -2.21. The van der Waals surface area contributed by atoms with Crippen molar-refractivity contribution in [2.24, 2.45) is 10.9 Å². The minimum atomic E-state index is 0.514. The first-order valence-electron chi connectivity index (χ1n) is 6.29. The number of rotatable bonds is 3. The second-order valence-electron chi connectivity index (χ2n) is 4.88. The summed E-state index contributed by atoms with van der Waals surface area (Å²) in [6, 6.07) is 1.15. The van der Waals surface area contributed by atoms with E-state index in [9.17, 15) is 0 Å². The molecule has 0 radical (unpaired) electrons. The summed E-state index contributed by atoms with van der Waals surface area (Å²) in [6.07, 6.45) is 0. The number of nitrogens with zero attached hydrogens (tertiary/aromatic N) is 2. The molecule has 1 rings (SSSR count). The van der Waals surface area contributed by atoms with E-state index in [2.05, 4.69) is 48.2 Å². The van der Waals surface area contributed by atoms with Crippen LogP contribution >= 0.6 is 0 Å². The standard InChI is InChI=1S/C12H26N4/c1-6-14-12(13-5)15-11-8-16(9(2)3)7-10(11)4/h9-11H,6-8H2,1-5H3,(H2,13,14,15). The average Bonchev–Trinajstić information content (AvgIpc) is 2.60. The molecule has 4 heteroatoms. The molecule has 0 aromatic rings. The van der Waals surface area contributed by atoms with E-state index in [1.807, 2.05) is 7.05 Å². The van der Waals surface area contributed by atoms with Crippen molar-refractivity contribution < 1.29 is 0 Å². The van der Waals surface area contributed by atoms with Crippen LogP contribution < -0.4 is 10.6 Å². The molecule has 0 aromatic carbocycles. The quantitative estimate of drug-likeness (QED) is 0.555. The monoisotopic (exact) mass is 226 g/mol. The number of hydrogen-bond acceptors (Lipinski definition) is 2. The van der Waals surface area contributed by atoms with Crippen molar-refractivity contribution in [3.05, 3.63) is 0 Å². The van der Waals surface area contributed by atoms with E-state index in [1.165, 1.54) is 6.54 Å². The van der Waals surface area contributed by atoms with Gasteiger partial charge in [-0.25, -0.2) is 0 Å². The van der Waals surface area contributed by atoms with Gasteiger partial charge in [-0.1, -0.05) is 6.92 Å². The fraction of sp³-hybridized carbons (Fsp3) is 0.917. The first-order chi connectivity index (χ1) is 7.58. The average molecular weight is 226 g/mol. The highest BCUT2D eigenvalue weighted by molar-refractivity contribution is 5.79. The van der Waals surface area contributed by atoms with E-state index in [1.54, 1.807) is 0 Å². The largest absolute Gasteiger partial charge is 0.357 e. The molecule has 1 heterocycles.